The van der Waals surface area contributed by atoms with Crippen molar-refractivity contribution in [3.05, 3.63) is 69.9 Å². The van der Waals surface area contributed by atoms with Gasteiger partial charge < -0.3 is 10.4 Å². The Morgan fingerprint density at radius 1 is 1.30 bits per heavy atom. The van der Waals surface area contributed by atoms with Crippen molar-refractivity contribution in [2.24, 2.45) is 0 Å². The Balaban J connectivity index is 1.67. The third kappa shape index (κ3) is 3.46. The molecule has 5 heteroatoms. The van der Waals surface area contributed by atoms with Gasteiger partial charge in [-0.2, -0.15) is 0 Å². The molecule has 0 bridgehead atoms. The molecule has 3 rings (SSSR count). The van der Waals surface area contributed by atoms with Crippen LogP contribution in [0, 0.1) is 5.82 Å². The average molecular weight is 378 g/mol. The molecule has 3 atom stereocenters. The van der Waals surface area contributed by atoms with Crippen LogP contribution in [0.2, 0.25) is 0 Å². The zero-order chi connectivity index (χ0) is 16.6. The quantitative estimate of drug-likeness (QED) is 0.856. The van der Waals surface area contributed by atoms with E-state index in [4.69, 9.17) is 0 Å². The van der Waals surface area contributed by atoms with Crippen molar-refractivity contribution in [3.63, 3.8) is 0 Å². The second-order valence-electron chi connectivity index (χ2n) is 6.06. The molecule has 1 saturated carbocycles. The van der Waals surface area contributed by atoms with Gasteiger partial charge >= 0.3 is 0 Å². The van der Waals surface area contributed by atoms with Crippen molar-refractivity contribution in [1.82, 2.24) is 5.32 Å². The molecule has 0 aromatic heterocycles. The molecule has 2 aromatic rings. The normalized spacial score (nSPS) is 22.3. The lowest BCUT2D eigenvalue weighted by Crippen LogP contribution is -2.43. The monoisotopic (exact) mass is 377 g/mol. The second kappa shape index (κ2) is 6.06. The van der Waals surface area contributed by atoms with E-state index >= 15 is 0 Å². The van der Waals surface area contributed by atoms with Crippen LogP contribution in [-0.4, -0.2) is 17.1 Å². The molecule has 23 heavy (non-hydrogen) atoms. The van der Waals surface area contributed by atoms with Gasteiger partial charge in [-0.1, -0.05) is 40.2 Å². The SMILES string of the molecule is CC(O)(C(=O)N[C@@H]1C[C@H]1c1cccc(Br)c1)c1ccc(F)cc1. The summed E-state index contributed by atoms with van der Waals surface area (Å²) >= 11 is 3.44. The van der Waals surface area contributed by atoms with E-state index in [-0.39, 0.29) is 12.0 Å². The standard InChI is InChI=1S/C18H17BrFNO2/c1-18(23,12-5-7-14(20)8-6-12)17(22)21-16-10-15(16)11-3-2-4-13(19)9-11/h2-9,15-16,23H,10H2,1H3,(H,21,22)/t15-,16+,18?/m0/s1. The summed E-state index contributed by atoms with van der Waals surface area (Å²) in [7, 11) is 0. The first kappa shape index (κ1) is 16.1. The molecule has 1 fully saturated rings. The molecule has 0 heterocycles. The highest BCUT2D eigenvalue weighted by Crippen LogP contribution is 2.42. The molecule has 0 radical (unpaired) electrons. The molecular formula is C18H17BrFNO2. The maximum absolute atomic E-state index is 13.0. The zero-order valence-electron chi connectivity index (χ0n) is 12.6. The van der Waals surface area contributed by atoms with Crippen LogP contribution in [0.4, 0.5) is 4.39 Å². The number of hydrogen-bond donors (Lipinski definition) is 2. The minimum Gasteiger partial charge on any atom is -0.376 e. The number of carbonyl (C=O) groups excluding carboxylic acids is 1. The fourth-order valence-corrected chi connectivity index (χ4v) is 3.09. The van der Waals surface area contributed by atoms with Crippen LogP contribution in [0.1, 0.15) is 30.4 Å². The van der Waals surface area contributed by atoms with Gasteiger partial charge in [-0.05, 0) is 48.7 Å². The number of rotatable bonds is 4. The molecule has 3 nitrogen and oxygen atoms in total. The number of aliphatic hydroxyl groups is 1. The first-order valence-corrected chi connectivity index (χ1v) is 8.22. The minimum atomic E-state index is -1.68. The molecule has 1 amide bonds. The number of nitrogens with one attached hydrogen (secondary N) is 1. The van der Waals surface area contributed by atoms with Gasteiger partial charge in [0.05, 0.1) is 0 Å². The Bertz CT molecular complexity index is 730. The largest absolute Gasteiger partial charge is 0.376 e. The van der Waals surface area contributed by atoms with Crippen LogP contribution in [0.15, 0.2) is 53.0 Å². The van der Waals surface area contributed by atoms with E-state index < -0.39 is 17.3 Å². The first-order valence-electron chi connectivity index (χ1n) is 7.43. The van der Waals surface area contributed by atoms with Crippen molar-refractivity contribution < 1.29 is 14.3 Å². The Hall–Kier alpha value is -1.72. The molecule has 0 aliphatic heterocycles. The van der Waals surface area contributed by atoms with Crippen LogP contribution in [0.25, 0.3) is 0 Å². The molecule has 1 unspecified atom stereocenters. The molecule has 0 spiro atoms. The van der Waals surface area contributed by atoms with Crippen LogP contribution >= 0.6 is 15.9 Å². The summed E-state index contributed by atoms with van der Waals surface area (Å²) in [4.78, 5) is 12.4. The lowest BCUT2D eigenvalue weighted by atomic mass is 9.95. The van der Waals surface area contributed by atoms with E-state index in [0.29, 0.717) is 5.56 Å². The summed E-state index contributed by atoms with van der Waals surface area (Å²) in [6.45, 7) is 1.42. The van der Waals surface area contributed by atoms with Crippen molar-refractivity contribution in [2.45, 2.75) is 30.9 Å². The van der Waals surface area contributed by atoms with Gasteiger partial charge in [0.1, 0.15) is 5.82 Å². The fraction of sp³-hybridized carbons (Fsp3) is 0.278. The number of hydrogen-bond acceptors (Lipinski definition) is 2. The molecule has 120 valence electrons. The van der Waals surface area contributed by atoms with E-state index in [1.807, 2.05) is 24.3 Å². The zero-order valence-corrected chi connectivity index (χ0v) is 14.2. The summed E-state index contributed by atoms with van der Waals surface area (Å²) in [6, 6.07) is 13.3. The fourth-order valence-electron chi connectivity index (χ4n) is 2.67. The Kier molecular flexibility index (Phi) is 4.25. The average Bonchev–Trinajstić information content (AvgIpc) is 3.27. The third-order valence-electron chi connectivity index (χ3n) is 4.23. The summed E-state index contributed by atoms with van der Waals surface area (Å²) < 4.78 is 14.0. The first-order chi connectivity index (χ1) is 10.9. The number of benzene rings is 2. The molecule has 1 aliphatic rings. The van der Waals surface area contributed by atoms with Crippen LogP contribution < -0.4 is 5.32 Å². The Morgan fingerprint density at radius 2 is 2.00 bits per heavy atom. The Labute approximate surface area is 142 Å². The Morgan fingerprint density at radius 3 is 2.65 bits per heavy atom. The summed E-state index contributed by atoms with van der Waals surface area (Å²) in [5.74, 6) is -0.603. The minimum absolute atomic E-state index is 0.0173. The highest BCUT2D eigenvalue weighted by molar-refractivity contribution is 9.10. The van der Waals surface area contributed by atoms with E-state index in [1.165, 1.54) is 31.2 Å². The molecule has 0 saturated heterocycles. The van der Waals surface area contributed by atoms with Gasteiger partial charge in [-0.25, -0.2) is 4.39 Å². The van der Waals surface area contributed by atoms with Crippen LogP contribution in [-0.2, 0) is 10.4 Å². The highest BCUT2D eigenvalue weighted by atomic mass is 79.9. The smallest absolute Gasteiger partial charge is 0.256 e. The van der Waals surface area contributed by atoms with Crippen LogP contribution in [0.5, 0.6) is 0 Å². The van der Waals surface area contributed by atoms with Crippen LogP contribution in [0.3, 0.4) is 0 Å². The lowest BCUT2D eigenvalue weighted by Gasteiger charge is -2.23. The number of amides is 1. The highest BCUT2D eigenvalue weighted by Gasteiger charge is 2.43. The lowest BCUT2D eigenvalue weighted by molar-refractivity contribution is -0.139. The third-order valence-corrected chi connectivity index (χ3v) is 4.73. The molecule has 2 N–H and O–H groups in total. The van der Waals surface area contributed by atoms with Gasteiger partial charge in [0.15, 0.2) is 5.60 Å². The van der Waals surface area contributed by atoms with Gasteiger partial charge in [0.2, 0.25) is 0 Å². The predicted molar refractivity (Wildman–Crippen MR) is 89.4 cm³/mol. The number of halogens is 2. The molecule has 2 aromatic carbocycles. The predicted octanol–water partition coefficient (Wildman–Crippen LogP) is 3.47. The van der Waals surface area contributed by atoms with Gasteiger partial charge in [0, 0.05) is 16.4 Å². The van der Waals surface area contributed by atoms with E-state index in [9.17, 15) is 14.3 Å². The maximum atomic E-state index is 13.0. The van der Waals surface area contributed by atoms with Crippen molar-refractivity contribution >= 4 is 21.8 Å². The van der Waals surface area contributed by atoms with E-state index in [1.54, 1.807) is 0 Å². The molecular weight excluding hydrogens is 361 g/mol. The second-order valence-corrected chi connectivity index (χ2v) is 6.97. The van der Waals surface area contributed by atoms with E-state index in [0.717, 1.165) is 16.5 Å². The summed E-state index contributed by atoms with van der Waals surface area (Å²) in [6.07, 6.45) is 0.849. The van der Waals surface area contributed by atoms with Gasteiger partial charge in [-0.15, -0.1) is 0 Å². The summed E-state index contributed by atoms with van der Waals surface area (Å²) in [5, 5.41) is 13.4. The number of carbonyl (C=O) groups is 1. The maximum Gasteiger partial charge on any atom is 0.256 e. The van der Waals surface area contributed by atoms with E-state index in [2.05, 4.69) is 21.2 Å². The van der Waals surface area contributed by atoms with Gasteiger partial charge in [0.25, 0.3) is 5.91 Å². The van der Waals surface area contributed by atoms with Crippen molar-refractivity contribution in [2.75, 3.05) is 0 Å². The van der Waals surface area contributed by atoms with Crippen molar-refractivity contribution in [3.8, 4) is 0 Å². The summed E-state index contributed by atoms with van der Waals surface area (Å²) in [5.41, 5.74) is -0.153. The molecule has 1 aliphatic carbocycles. The van der Waals surface area contributed by atoms with Crippen molar-refractivity contribution in [1.29, 1.82) is 0 Å². The topological polar surface area (TPSA) is 49.3 Å². The van der Waals surface area contributed by atoms with Gasteiger partial charge in [-0.3, -0.25) is 4.79 Å².